The molecule has 0 radical (unpaired) electrons. The highest BCUT2D eigenvalue weighted by Crippen LogP contribution is 2.39. The van der Waals surface area contributed by atoms with E-state index in [2.05, 4.69) is 15.7 Å². The molecular weight excluding hydrogens is 576 g/mol. The minimum atomic E-state index is -3.61. The second-order valence-electron chi connectivity index (χ2n) is 11.2. The molecule has 230 valence electrons. The molecule has 0 saturated carbocycles. The molecule has 2 N–H and O–H groups in total. The van der Waals surface area contributed by atoms with Gasteiger partial charge in [0, 0.05) is 38.2 Å². The molecule has 3 atom stereocenters. The number of hydrogen-bond acceptors (Lipinski definition) is 7. The number of aliphatic hydroxyl groups is 1. The number of nitrogens with zero attached hydrogens (tertiary/aromatic N) is 1. The number of sulfonamides is 1. The maximum atomic E-state index is 12.7. The van der Waals surface area contributed by atoms with Gasteiger partial charge in [0.2, 0.25) is 10.0 Å². The lowest BCUT2D eigenvalue weighted by atomic mass is 9.98. The minimum Gasteiger partial charge on any atom is -0.392 e. The van der Waals surface area contributed by atoms with E-state index in [9.17, 15) is 13.5 Å². The summed E-state index contributed by atoms with van der Waals surface area (Å²) in [6.45, 7) is 4.21. The number of aliphatic hydroxyl groups excluding tert-OH is 1. The first-order valence-corrected chi connectivity index (χ1v) is 16.5. The molecule has 8 nitrogen and oxygen atoms in total. The standard InChI is InChI=1S/C35H38N2O6S/c38-25-26-12-14-28(15-13-26)34-22-32(24-37-16-18-41-19-17-37)42-35(43-34)31-9-5-8-30(21-31)29-7-4-6-27(20-29)23-36-44(39,40)33-10-2-1-3-11-33/h1-15,20-21,32,34-36,38H,16-19,22-25H2. The fraction of sp³-hybridized carbons (Fsp3) is 0.314. The van der Waals surface area contributed by atoms with Gasteiger partial charge in [-0.05, 0) is 52.1 Å². The van der Waals surface area contributed by atoms with E-state index in [1.165, 1.54) is 0 Å². The molecule has 4 aromatic rings. The molecule has 0 amide bonds. The lowest BCUT2D eigenvalue weighted by Gasteiger charge is -2.39. The molecule has 2 fully saturated rings. The van der Waals surface area contributed by atoms with Gasteiger partial charge < -0.3 is 19.3 Å². The van der Waals surface area contributed by atoms with Crippen molar-refractivity contribution in [3.63, 3.8) is 0 Å². The van der Waals surface area contributed by atoms with Crippen LogP contribution in [0.5, 0.6) is 0 Å². The Kier molecular flexibility index (Phi) is 9.83. The fourth-order valence-electron chi connectivity index (χ4n) is 5.69. The zero-order valence-electron chi connectivity index (χ0n) is 24.5. The summed E-state index contributed by atoms with van der Waals surface area (Å²) in [7, 11) is -3.61. The molecule has 0 aliphatic carbocycles. The molecule has 4 aromatic carbocycles. The third-order valence-corrected chi connectivity index (χ3v) is 9.54. The topological polar surface area (TPSA) is 97.3 Å². The van der Waals surface area contributed by atoms with E-state index < -0.39 is 16.3 Å². The monoisotopic (exact) mass is 614 g/mol. The van der Waals surface area contributed by atoms with Crippen LogP contribution in [-0.4, -0.2) is 57.4 Å². The highest BCUT2D eigenvalue weighted by atomic mass is 32.2. The van der Waals surface area contributed by atoms with Crippen LogP contribution < -0.4 is 4.72 Å². The number of hydrogen-bond donors (Lipinski definition) is 2. The van der Waals surface area contributed by atoms with Crippen LogP contribution in [-0.2, 0) is 37.4 Å². The van der Waals surface area contributed by atoms with Crippen molar-refractivity contribution in [2.45, 2.75) is 43.0 Å². The number of rotatable bonds is 10. The van der Waals surface area contributed by atoms with E-state index in [1.807, 2.05) is 66.7 Å². The van der Waals surface area contributed by atoms with Crippen molar-refractivity contribution in [1.29, 1.82) is 0 Å². The van der Waals surface area contributed by atoms with Gasteiger partial charge in [0.05, 0.1) is 36.9 Å². The molecule has 44 heavy (non-hydrogen) atoms. The van der Waals surface area contributed by atoms with Crippen molar-refractivity contribution in [2.24, 2.45) is 0 Å². The molecule has 2 saturated heterocycles. The van der Waals surface area contributed by atoms with Crippen LogP contribution in [0.3, 0.4) is 0 Å². The average Bonchev–Trinajstić information content (AvgIpc) is 3.08. The van der Waals surface area contributed by atoms with Gasteiger partial charge in [-0.15, -0.1) is 0 Å². The van der Waals surface area contributed by atoms with E-state index in [4.69, 9.17) is 14.2 Å². The van der Waals surface area contributed by atoms with Gasteiger partial charge >= 0.3 is 0 Å². The molecule has 3 unspecified atom stereocenters. The number of morpholine rings is 1. The van der Waals surface area contributed by atoms with E-state index in [-0.39, 0.29) is 30.3 Å². The first-order chi connectivity index (χ1) is 21.5. The molecule has 0 aromatic heterocycles. The fourth-order valence-corrected chi connectivity index (χ4v) is 6.73. The summed E-state index contributed by atoms with van der Waals surface area (Å²) in [5, 5.41) is 9.51. The summed E-state index contributed by atoms with van der Waals surface area (Å²) in [6.07, 6.45) is -0.0123. The summed E-state index contributed by atoms with van der Waals surface area (Å²) in [6, 6.07) is 32.3. The lowest BCUT2D eigenvalue weighted by molar-refractivity contribution is -0.253. The van der Waals surface area contributed by atoms with E-state index >= 15 is 0 Å². The van der Waals surface area contributed by atoms with Gasteiger partial charge in [0.15, 0.2) is 6.29 Å². The summed E-state index contributed by atoms with van der Waals surface area (Å²) < 4.78 is 46.9. The van der Waals surface area contributed by atoms with Crippen LogP contribution in [0.25, 0.3) is 11.1 Å². The minimum absolute atomic E-state index is 0.00406. The molecule has 2 aliphatic rings. The van der Waals surface area contributed by atoms with Crippen LogP contribution in [0.15, 0.2) is 108 Å². The predicted molar refractivity (Wildman–Crippen MR) is 168 cm³/mol. The zero-order valence-corrected chi connectivity index (χ0v) is 25.4. The first kappa shape index (κ1) is 30.6. The van der Waals surface area contributed by atoms with Crippen LogP contribution in [0.2, 0.25) is 0 Å². The van der Waals surface area contributed by atoms with Crippen molar-refractivity contribution in [1.82, 2.24) is 9.62 Å². The highest BCUT2D eigenvalue weighted by molar-refractivity contribution is 7.89. The van der Waals surface area contributed by atoms with Gasteiger partial charge in [0.25, 0.3) is 0 Å². The summed E-state index contributed by atoms with van der Waals surface area (Å²) in [4.78, 5) is 2.63. The molecule has 2 heterocycles. The van der Waals surface area contributed by atoms with Crippen LogP contribution in [0.4, 0.5) is 0 Å². The average molecular weight is 615 g/mol. The Morgan fingerprint density at radius 2 is 1.50 bits per heavy atom. The predicted octanol–water partition coefficient (Wildman–Crippen LogP) is 5.20. The summed E-state index contributed by atoms with van der Waals surface area (Å²) in [5.41, 5.74) is 5.66. The van der Waals surface area contributed by atoms with E-state index in [0.717, 1.165) is 72.6 Å². The Morgan fingerprint density at radius 3 is 2.25 bits per heavy atom. The van der Waals surface area contributed by atoms with Crippen molar-refractivity contribution >= 4 is 10.0 Å². The zero-order chi connectivity index (χ0) is 30.4. The largest absolute Gasteiger partial charge is 0.392 e. The first-order valence-electron chi connectivity index (χ1n) is 15.0. The van der Waals surface area contributed by atoms with Gasteiger partial charge in [-0.2, -0.15) is 0 Å². The number of benzene rings is 4. The quantitative estimate of drug-likeness (QED) is 0.253. The Hall–Kier alpha value is -3.41. The third-order valence-electron chi connectivity index (χ3n) is 8.12. The van der Waals surface area contributed by atoms with E-state index in [0.29, 0.717) is 0 Å². The Balaban J connectivity index is 1.21. The van der Waals surface area contributed by atoms with Crippen LogP contribution in [0, 0.1) is 0 Å². The smallest absolute Gasteiger partial charge is 0.240 e. The Morgan fingerprint density at radius 1 is 0.773 bits per heavy atom. The molecule has 2 aliphatic heterocycles. The maximum Gasteiger partial charge on any atom is 0.240 e. The number of ether oxygens (including phenoxy) is 3. The van der Waals surface area contributed by atoms with Gasteiger partial charge in [0.1, 0.15) is 0 Å². The van der Waals surface area contributed by atoms with Gasteiger partial charge in [-0.1, -0.05) is 78.9 Å². The van der Waals surface area contributed by atoms with Crippen molar-refractivity contribution < 1.29 is 27.7 Å². The van der Waals surface area contributed by atoms with Gasteiger partial charge in [-0.3, -0.25) is 4.90 Å². The van der Waals surface area contributed by atoms with Gasteiger partial charge in [-0.25, -0.2) is 13.1 Å². The molecule has 6 rings (SSSR count). The molecule has 9 heteroatoms. The molecular formula is C35H38N2O6S. The second kappa shape index (κ2) is 14.1. The second-order valence-corrected chi connectivity index (χ2v) is 13.0. The third kappa shape index (κ3) is 7.62. The van der Waals surface area contributed by atoms with Crippen LogP contribution >= 0.6 is 0 Å². The normalized spacial score (nSPS) is 21.2. The summed E-state index contributed by atoms with van der Waals surface area (Å²) >= 11 is 0. The van der Waals surface area contributed by atoms with Crippen molar-refractivity contribution in [2.75, 3.05) is 32.8 Å². The number of nitrogens with one attached hydrogen (secondary N) is 1. The Bertz CT molecular complexity index is 1620. The van der Waals surface area contributed by atoms with Crippen molar-refractivity contribution in [3.8, 4) is 11.1 Å². The van der Waals surface area contributed by atoms with E-state index in [1.54, 1.807) is 30.3 Å². The SMILES string of the molecule is O=S(=O)(NCc1cccc(-c2cccc(C3OC(CN4CCOCC4)CC(c4ccc(CO)cc4)O3)c2)c1)c1ccccc1. The summed E-state index contributed by atoms with van der Waals surface area (Å²) in [5.74, 6) is 0. The molecule has 0 spiro atoms. The molecule has 0 bridgehead atoms. The Labute approximate surface area is 259 Å². The van der Waals surface area contributed by atoms with Crippen LogP contribution in [0.1, 0.15) is 41.1 Å². The maximum absolute atomic E-state index is 12.7. The lowest BCUT2D eigenvalue weighted by Crippen LogP contribution is -2.44. The van der Waals surface area contributed by atoms with Crippen molar-refractivity contribution in [3.05, 3.63) is 125 Å². The highest BCUT2D eigenvalue weighted by Gasteiger charge is 2.33.